The zero-order valence-electron chi connectivity index (χ0n) is 12.0. The second-order valence-electron chi connectivity index (χ2n) is 5.71. The molecule has 1 aliphatic rings. The Bertz CT molecular complexity index is 816. The van der Waals surface area contributed by atoms with E-state index in [0.29, 0.717) is 12.4 Å². The van der Waals surface area contributed by atoms with Gasteiger partial charge in [-0.25, -0.2) is 9.97 Å². The number of aliphatic hydroxyl groups is 1. The summed E-state index contributed by atoms with van der Waals surface area (Å²) in [5.74, 6) is 0.457. The number of aliphatic hydroxyl groups excluding tert-OH is 1. The zero-order valence-corrected chi connectivity index (χ0v) is 12.0. The van der Waals surface area contributed by atoms with Crippen molar-refractivity contribution in [2.75, 3.05) is 18.9 Å². The maximum absolute atomic E-state index is 9.87. The number of hydrogen-bond acceptors (Lipinski definition) is 5. The van der Waals surface area contributed by atoms with Gasteiger partial charge in [0, 0.05) is 24.8 Å². The summed E-state index contributed by atoms with van der Waals surface area (Å²) in [5, 5.41) is 9.87. The average molecular weight is 295 g/mol. The van der Waals surface area contributed by atoms with Crippen molar-refractivity contribution in [1.82, 2.24) is 19.9 Å². The van der Waals surface area contributed by atoms with E-state index in [1.807, 2.05) is 24.4 Å². The lowest BCUT2D eigenvalue weighted by Gasteiger charge is -2.15. The van der Waals surface area contributed by atoms with Crippen molar-refractivity contribution in [2.24, 2.45) is 0 Å². The first-order valence-electron chi connectivity index (χ1n) is 7.22. The van der Waals surface area contributed by atoms with Crippen LogP contribution in [0.3, 0.4) is 0 Å². The molecule has 22 heavy (non-hydrogen) atoms. The summed E-state index contributed by atoms with van der Waals surface area (Å²) in [6, 6.07) is 10.1. The third-order valence-corrected chi connectivity index (χ3v) is 4.46. The van der Waals surface area contributed by atoms with Crippen LogP contribution in [0, 0.1) is 0 Å². The fourth-order valence-corrected chi connectivity index (χ4v) is 3.09. The number of hydrogen-bond donors (Lipinski definition) is 3. The first kappa shape index (κ1) is 13.2. The minimum Gasteiger partial charge on any atom is -0.394 e. The molecule has 0 spiro atoms. The number of anilines is 1. The third-order valence-electron chi connectivity index (χ3n) is 4.46. The molecule has 6 heteroatoms. The molecule has 1 saturated heterocycles. The van der Waals surface area contributed by atoms with E-state index in [2.05, 4.69) is 32.0 Å². The van der Waals surface area contributed by atoms with Gasteiger partial charge in [-0.15, -0.1) is 0 Å². The summed E-state index contributed by atoms with van der Waals surface area (Å²) in [4.78, 5) is 13.7. The molecule has 4 N–H and O–H groups in total. The van der Waals surface area contributed by atoms with E-state index in [9.17, 15) is 5.11 Å². The monoisotopic (exact) mass is 295 g/mol. The minimum absolute atomic E-state index is 0.108. The maximum Gasteiger partial charge on any atom is 0.151 e. The number of benzene rings is 1. The first-order valence-corrected chi connectivity index (χ1v) is 7.22. The second-order valence-corrected chi connectivity index (χ2v) is 5.71. The minimum atomic E-state index is -0.274. The highest BCUT2D eigenvalue weighted by Crippen LogP contribution is 2.43. The average Bonchev–Trinajstić information content (AvgIpc) is 3.12. The number of nitrogens with zero attached hydrogens (tertiary/aromatic N) is 3. The van der Waals surface area contributed by atoms with Crippen LogP contribution < -0.4 is 5.73 Å². The fraction of sp³-hybridized carbons (Fsp3) is 0.250. The van der Waals surface area contributed by atoms with Crippen molar-refractivity contribution >= 4 is 16.9 Å². The Labute approximate surface area is 127 Å². The number of nitrogens with two attached hydrogens (primary N) is 1. The lowest BCUT2D eigenvalue weighted by Crippen LogP contribution is -2.20. The molecule has 0 amide bonds. The number of aromatic nitrogens is 3. The Morgan fingerprint density at radius 2 is 2.09 bits per heavy atom. The molecule has 4 rings (SSSR count). The Kier molecular flexibility index (Phi) is 2.88. The zero-order chi connectivity index (χ0) is 15.2. The van der Waals surface area contributed by atoms with Crippen molar-refractivity contribution in [3.63, 3.8) is 0 Å². The van der Waals surface area contributed by atoms with E-state index in [1.54, 1.807) is 0 Å². The second kappa shape index (κ2) is 4.79. The Balaban J connectivity index is 1.63. The molecule has 3 aromatic rings. The molecule has 112 valence electrons. The number of fused-ring (bicyclic) bond motifs is 1. The lowest BCUT2D eigenvalue weighted by molar-refractivity contribution is 0.213. The molecule has 1 aromatic carbocycles. The van der Waals surface area contributed by atoms with Gasteiger partial charge in [-0.05, 0) is 5.56 Å². The van der Waals surface area contributed by atoms with E-state index in [1.165, 1.54) is 6.33 Å². The van der Waals surface area contributed by atoms with Crippen LogP contribution in [0.2, 0.25) is 0 Å². The molecule has 0 aliphatic carbocycles. The highest BCUT2D eigenvalue weighted by atomic mass is 16.3. The van der Waals surface area contributed by atoms with Crippen molar-refractivity contribution < 1.29 is 5.11 Å². The van der Waals surface area contributed by atoms with Crippen LogP contribution in [0.25, 0.3) is 11.0 Å². The van der Waals surface area contributed by atoms with Crippen molar-refractivity contribution in [3.8, 4) is 0 Å². The highest BCUT2D eigenvalue weighted by Gasteiger charge is 2.52. The summed E-state index contributed by atoms with van der Waals surface area (Å²) in [6.45, 7) is 1.66. The van der Waals surface area contributed by atoms with Gasteiger partial charge in [0.05, 0.1) is 17.7 Å². The van der Waals surface area contributed by atoms with Crippen molar-refractivity contribution in [1.29, 1.82) is 0 Å². The largest absolute Gasteiger partial charge is 0.394 e. The third kappa shape index (κ3) is 1.88. The van der Waals surface area contributed by atoms with Crippen LogP contribution in [-0.4, -0.2) is 38.1 Å². The summed E-state index contributed by atoms with van der Waals surface area (Å²) < 4.78 is 0. The number of H-pyrrole nitrogens is 1. The summed E-state index contributed by atoms with van der Waals surface area (Å²) in [6.07, 6.45) is 3.40. The molecule has 1 aliphatic heterocycles. The normalized spacial score (nSPS) is 23.8. The van der Waals surface area contributed by atoms with Crippen LogP contribution in [0.1, 0.15) is 11.1 Å². The van der Waals surface area contributed by atoms with Gasteiger partial charge in [0.15, 0.2) is 5.82 Å². The van der Waals surface area contributed by atoms with E-state index in [-0.39, 0.29) is 12.1 Å². The van der Waals surface area contributed by atoms with Gasteiger partial charge >= 0.3 is 0 Å². The van der Waals surface area contributed by atoms with Crippen LogP contribution in [0.15, 0.2) is 42.9 Å². The first-order chi connectivity index (χ1) is 10.7. The molecule has 3 heterocycles. The van der Waals surface area contributed by atoms with E-state index in [4.69, 9.17) is 5.73 Å². The molecule has 6 nitrogen and oxygen atoms in total. The molecule has 0 saturated carbocycles. The Morgan fingerprint density at radius 1 is 1.27 bits per heavy atom. The number of nitrogens with one attached hydrogen (secondary N) is 1. The van der Waals surface area contributed by atoms with E-state index in [0.717, 1.165) is 28.7 Å². The summed E-state index contributed by atoms with van der Waals surface area (Å²) >= 11 is 0. The molecule has 2 atom stereocenters. The van der Waals surface area contributed by atoms with Gasteiger partial charge in [-0.3, -0.25) is 4.90 Å². The van der Waals surface area contributed by atoms with Crippen LogP contribution >= 0.6 is 0 Å². The number of nitrogen functional groups attached to an aromatic ring is 1. The molecular formula is C16H17N5O. The molecule has 1 fully saturated rings. The Morgan fingerprint density at radius 3 is 2.86 bits per heavy atom. The summed E-state index contributed by atoms with van der Waals surface area (Å²) in [7, 11) is 0. The standard InChI is InChI=1S/C16H17N5O/c17-15-14-13(19-10-20-15)11(6-18-14)7-21-8-16(21,9-22)12-4-2-1-3-5-12/h1-6,10,18,22H,7-9H2,(H2,17,19,20). The van der Waals surface area contributed by atoms with Crippen LogP contribution in [-0.2, 0) is 12.1 Å². The topological polar surface area (TPSA) is 90.8 Å². The van der Waals surface area contributed by atoms with Gasteiger partial charge in [-0.2, -0.15) is 0 Å². The smallest absolute Gasteiger partial charge is 0.151 e. The quantitative estimate of drug-likeness (QED) is 0.630. The lowest BCUT2D eigenvalue weighted by atomic mass is 10.00. The van der Waals surface area contributed by atoms with E-state index >= 15 is 0 Å². The van der Waals surface area contributed by atoms with Crippen LogP contribution in [0.5, 0.6) is 0 Å². The fourth-order valence-electron chi connectivity index (χ4n) is 3.09. The van der Waals surface area contributed by atoms with E-state index < -0.39 is 0 Å². The predicted octanol–water partition coefficient (Wildman–Crippen LogP) is 1.24. The van der Waals surface area contributed by atoms with Gasteiger partial charge in [0.2, 0.25) is 0 Å². The molecular weight excluding hydrogens is 278 g/mol. The number of rotatable bonds is 4. The molecule has 0 bridgehead atoms. The van der Waals surface area contributed by atoms with Crippen LogP contribution in [0.4, 0.5) is 5.82 Å². The highest BCUT2D eigenvalue weighted by molar-refractivity contribution is 5.86. The van der Waals surface area contributed by atoms with Crippen molar-refractivity contribution in [3.05, 3.63) is 54.0 Å². The predicted molar refractivity (Wildman–Crippen MR) is 83.9 cm³/mol. The maximum atomic E-state index is 9.87. The summed E-state index contributed by atoms with van der Waals surface area (Å²) in [5.41, 5.74) is 9.40. The Hall–Kier alpha value is -2.44. The molecule has 2 aromatic heterocycles. The molecule has 2 unspecified atom stereocenters. The van der Waals surface area contributed by atoms with Gasteiger partial charge in [-0.1, -0.05) is 30.3 Å². The SMILES string of the molecule is Nc1ncnc2c(CN3CC3(CO)c3ccccc3)c[nH]c12. The van der Waals surface area contributed by atoms with Gasteiger partial charge < -0.3 is 15.8 Å². The molecule has 0 radical (unpaired) electrons. The van der Waals surface area contributed by atoms with Gasteiger partial charge in [0.1, 0.15) is 11.8 Å². The number of aromatic amines is 1. The van der Waals surface area contributed by atoms with Crippen molar-refractivity contribution in [2.45, 2.75) is 12.1 Å². The van der Waals surface area contributed by atoms with Gasteiger partial charge in [0.25, 0.3) is 0 Å².